The van der Waals surface area contributed by atoms with E-state index in [1.165, 1.54) is 16.3 Å². The highest BCUT2D eigenvalue weighted by Gasteiger charge is 2.01. The van der Waals surface area contributed by atoms with E-state index in [4.69, 9.17) is 5.84 Å². The predicted molar refractivity (Wildman–Crippen MR) is 73.8 cm³/mol. The predicted octanol–water partition coefficient (Wildman–Crippen LogP) is 2.54. The SMILES string of the molecule is NNC(=O)CCCCc1cccc2ccccc12. The smallest absolute Gasteiger partial charge is 0.233 e. The first-order valence-corrected chi connectivity index (χ1v) is 6.27. The minimum atomic E-state index is -0.0899. The monoisotopic (exact) mass is 242 g/mol. The van der Waals surface area contributed by atoms with Gasteiger partial charge in [0.1, 0.15) is 0 Å². The van der Waals surface area contributed by atoms with Crippen LogP contribution in [0.5, 0.6) is 0 Å². The minimum absolute atomic E-state index is 0.0899. The molecule has 0 heterocycles. The summed E-state index contributed by atoms with van der Waals surface area (Å²) < 4.78 is 0. The number of amides is 1. The van der Waals surface area contributed by atoms with Gasteiger partial charge in [0.05, 0.1) is 0 Å². The lowest BCUT2D eigenvalue weighted by Crippen LogP contribution is -2.29. The van der Waals surface area contributed by atoms with Crippen LogP contribution in [-0.4, -0.2) is 5.91 Å². The van der Waals surface area contributed by atoms with Crippen LogP contribution in [-0.2, 0) is 11.2 Å². The van der Waals surface area contributed by atoms with Crippen LogP contribution in [0, 0.1) is 0 Å². The second kappa shape index (κ2) is 6.17. The van der Waals surface area contributed by atoms with E-state index in [9.17, 15) is 4.79 Å². The van der Waals surface area contributed by atoms with Crippen molar-refractivity contribution in [2.45, 2.75) is 25.7 Å². The van der Waals surface area contributed by atoms with E-state index in [1.54, 1.807) is 0 Å². The molecule has 0 saturated carbocycles. The number of fused-ring (bicyclic) bond motifs is 1. The van der Waals surface area contributed by atoms with Crippen LogP contribution in [0.25, 0.3) is 10.8 Å². The van der Waals surface area contributed by atoms with Crippen LogP contribution in [0.4, 0.5) is 0 Å². The van der Waals surface area contributed by atoms with Crippen LogP contribution < -0.4 is 11.3 Å². The lowest BCUT2D eigenvalue weighted by atomic mass is 10.00. The third-order valence-electron chi connectivity index (χ3n) is 3.14. The molecule has 0 bridgehead atoms. The van der Waals surface area contributed by atoms with E-state index >= 15 is 0 Å². The first kappa shape index (κ1) is 12.6. The Hall–Kier alpha value is -1.87. The summed E-state index contributed by atoms with van der Waals surface area (Å²) in [5, 5.41) is 2.58. The zero-order valence-electron chi connectivity index (χ0n) is 10.4. The van der Waals surface area contributed by atoms with Crippen LogP contribution >= 0.6 is 0 Å². The molecule has 3 nitrogen and oxygen atoms in total. The lowest BCUT2D eigenvalue weighted by Gasteiger charge is -2.06. The van der Waals surface area contributed by atoms with Crippen molar-refractivity contribution in [2.75, 3.05) is 0 Å². The fourth-order valence-electron chi connectivity index (χ4n) is 2.18. The molecule has 0 aliphatic rings. The fraction of sp³-hybridized carbons (Fsp3) is 0.267. The second-order valence-electron chi connectivity index (χ2n) is 4.41. The number of rotatable bonds is 5. The Bertz CT molecular complexity index is 532. The Morgan fingerprint density at radius 3 is 2.67 bits per heavy atom. The molecule has 0 aliphatic carbocycles. The maximum absolute atomic E-state index is 11.0. The van der Waals surface area contributed by atoms with Gasteiger partial charge >= 0.3 is 0 Å². The molecule has 0 fully saturated rings. The lowest BCUT2D eigenvalue weighted by molar-refractivity contribution is -0.121. The van der Waals surface area contributed by atoms with E-state index in [1.807, 2.05) is 0 Å². The number of benzene rings is 2. The van der Waals surface area contributed by atoms with Gasteiger partial charge in [0, 0.05) is 6.42 Å². The average Bonchev–Trinajstić information content (AvgIpc) is 2.43. The van der Waals surface area contributed by atoms with Crippen LogP contribution in [0.2, 0.25) is 0 Å². The molecule has 0 spiro atoms. The Kier molecular flexibility index (Phi) is 4.31. The minimum Gasteiger partial charge on any atom is -0.294 e. The highest BCUT2D eigenvalue weighted by molar-refractivity contribution is 5.85. The Morgan fingerprint density at radius 1 is 1.06 bits per heavy atom. The molecule has 0 atom stereocenters. The molecule has 0 aliphatic heterocycles. The van der Waals surface area contributed by atoms with Gasteiger partial charge in [0.25, 0.3) is 0 Å². The van der Waals surface area contributed by atoms with Crippen molar-refractivity contribution in [3.05, 3.63) is 48.0 Å². The topological polar surface area (TPSA) is 55.1 Å². The maximum atomic E-state index is 11.0. The molecule has 0 aromatic heterocycles. The van der Waals surface area contributed by atoms with Crippen LogP contribution in [0.3, 0.4) is 0 Å². The Balaban J connectivity index is 1.97. The van der Waals surface area contributed by atoms with Crippen molar-refractivity contribution in [2.24, 2.45) is 5.84 Å². The van der Waals surface area contributed by atoms with Crippen molar-refractivity contribution < 1.29 is 4.79 Å². The number of carbonyl (C=O) groups is 1. The van der Waals surface area contributed by atoms with Gasteiger partial charge in [-0.15, -0.1) is 0 Å². The van der Waals surface area contributed by atoms with Gasteiger partial charge in [-0.1, -0.05) is 42.5 Å². The molecule has 94 valence electrons. The van der Waals surface area contributed by atoms with Crippen molar-refractivity contribution in [3.8, 4) is 0 Å². The van der Waals surface area contributed by atoms with Crippen LogP contribution in [0.1, 0.15) is 24.8 Å². The van der Waals surface area contributed by atoms with Gasteiger partial charge in [-0.05, 0) is 35.6 Å². The molecular weight excluding hydrogens is 224 g/mol. The van der Waals surface area contributed by atoms with Crippen molar-refractivity contribution in [3.63, 3.8) is 0 Å². The van der Waals surface area contributed by atoms with Gasteiger partial charge in [-0.2, -0.15) is 0 Å². The summed E-state index contributed by atoms with van der Waals surface area (Å²) in [6.45, 7) is 0. The molecule has 2 aromatic rings. The number of carbonyl (C=O) groups excluding carboxylic acids is 1. The number of hydrogen-bond acceptors (Lipinski definition) is 2. The highest BCUT2D eigenvalue weighted by atomic mass is 16.2. The number of unbranched alkanes of at least 4 members (excludes halogenated alkanes) is 1. The van der Waals surface area contributed by atoms with Gasteiger partial charge in [0.15, 0.2) is 0 Å². The first-order valence-electron chi connectivity index (χ1n) is 6.27. The Labute approximate surface area is 107 Å². The number of hydrogen-bond donors (Lipinski definition) is 2. The number of nitrogens with one attached hydrogen (secondary N) is 1. The number of aryl methyl sites for hydroxylation is 1. The summed E-state index contributed by atoms with van der Waals surface area (Å²) >= 11 is 0. The average molecular weight is 242 g/mol. The zero-order chi connectivity index (χ0) is 12.8. The van der Waals surface area contributed by atoms with Gasteiger partial charge in [-0.3, -0.25) is 10.2 Å². The van der Waals surface area contributed by atoms with Crippen molar-refractivity contribution >= 4 is 16.7 Å². The molecule has 0 radical (unpaired) electrons. The summed E-state index contributed by atoms with van der Waals surface area (Å²) in [6, 6.07) is 14.8. The van der Waals surface area contributed by atoms with E-state index < -0.39 is 0 Å². The normalized spacial score (nSPS) is 10.5. The van der Waals surface area contributed by atoms with Crippen LogP contribution in [0.15, 0.2) is 42.5 Å². The van der Waals surface area contributed by atoms with E-state index in [2.05, 4.69) is 47.9 Å². The summed E-state index contributed by atoms with van der Waals surface area (Å²) in [4.78, 5) is 11.0. The van der Waals surface area contributed by atoms with Crippen molar-refractivity contribution in [1.29, 1.82) is 0 Å². The molecule has 0 unspecified atom stereocenters. The third-order valence-corrected chi connectivity index (χ3v) is 3.14. The van der Waals surface area contributed by atoms with E-state index in [0.717, 1.165) is 19.3 Å². The molecule has 2 aromatic carbocycles. The first-order chi connectivity index (χ1) is 8.81. The fourth-order valence-corrected chi connectivity index (χ4v) is 2.18. The van der Waals surface area contributed by atoms with E-state index in [0.29, 0.717) is 6.42 Å². The molecule has 3 heteroatoms. The standard InChI is InChI=1S/C15H18N2O/c16-17-15(18)11-4-2-7-13-9-5-8-12-6-1-3-10-14(12)13/h1,3,5-6,8-10H,2,4,7,11,16H2,(H,17,18). The summed E-state index contributed by atoms with van der Waals surface area (Å²) in [6.07, 6.45) is 3.37. The number of hydrazine groups is 1. The molecular formula is C15H18N2O. The van der Waals surface area contributed by atoms with Gasteiger partial charge < -0.3 is 0 Å². The molecule has 3 N–H and O–H groups in total. The van der Waals surface area contributed by atoms with Gasteiger partial charge in [-0.25, -0.2) is 5.84 Å². The van der Waals surface area contributed by atoms with Crippen molar-refractivity contribution in [1.82, 2.24) is 5.43 Å². The summed E-state index contributed by atoms with van der Waals surface area (Å²) in [7, 11) is 0. The maximum Gasteiger partial charge on any atom is 0.233 e. The third kappa shape index (κ3) is 3.08. The molecule has 18 heavy (non-hydrogen) atoms. The second-order valence-corrected chi connectivity index (χ2v) is 4.41. The zero-order valence-corrected chi connectivity index (χ0v) is 10.4. The Morgan fingerprint density at radius 2 is 1.83 bits per heavy atom. The number of nitrogens with two attached hydrogens (primary N) is 1. The molecule has 0 saturated heterocycles. The highest BCUT2D eigenvalue weighted by Crippen LogP contribution is 2.20. The van der Waals surface area contributed by atoms with Gasteiger partial charge in [0.2, 0.25) is 5.91 Å². The summed E-state index contributed by atoms with van der Waals surface area (Å²) in [5.74, 6) is 4.95. The quantitative estimate of drug-likeness (QED) is 0.366. The largest absolute Gasteiger partial charge is 0.294 e. The molecule has 1 amide bonds. The summed E-state index contributed by atoms with van der Waals surface area (Å²) in [5.41, 5.74) is 3.50. The van der Waals surface area contributed by atoms with E-state index in [-0.39, 0.29) is 5.91 Å². The molecule has 2 rings (SSSR count).